The van der Waals surface area contributed by atoms with Crippen LogP contribution >= 0.6 is 12.2 Å². The van der Waals surface area contributed by atoms with E-state index in [1.165, 1.54) is 17.1 Å². The van der Waals surface area contributed by atoms with E-state index in [0.717, 1.165) is 11.1 Å². The topological polar surface area (TPSA) is 108 Å². The van der Waals surface area contributed by atoms with Crippen LogP contribution in [0.1, 0.15) is 16.7 Å². The highest BCUT2D eigenvalue weighted by Crippen LogP contribution is 2.25. The molecule has 0 fully saturated rings. The maximum atomic E-state index is 10.9. The Labute approximate surface area is 165 Å². The van der Waals surface area contributed by atoms with Crippen LogP contribution in [0.2, 0.25) is 0 Å². The van der Waals surface area contributed by atoms with Crippen LogP contribution in [0, 0.1) is 21.8 Å². The number of benzene rings is 2. The number of ether oxygens (including phenoxy) is 2. The van der Waals surface area contributed by atoms with E-state index in [1.54, 1.807) is 32.4 Å². The van der Waals surface area contributed by atoms with E-state index in [4.69, 9.17) is 21.7 Å². The van der Waals surface area contributed by atoms with E-state index >= 15 is 0 Å². The molecule has 144 valence electrons. The lowest BCUT2D eigenvalue weighted by molar-refractivity contribution is -0.385. The molecule has 0 bridgehead atoms. The van der Waals surface area contributed by atoms with Crippen molar-refractivity contribution in [1.82, 2.24) is 14.9 Å². The zero-order valence-corrected chi connectivity index (χ0v) is 16.0. The number of nitro groups is 1. The Bertz CT molecular complexity index is 1090. The van der Waals surface area contributed by atoms with Gasteiger partial charge in [0.15, 0.2) is 0 Å². The summed E-state index contributed by atoms with van der Waals surface area (Å²) in [7, 11) is 1.58. The second-order valence-electron chi connectivity index (χ2n) is 5.82. The van der Waals surface area contributed by atoms with Gasteiger partial charge in [0, 0.05) is 17.2 Å². The summed E-state index contributed by atoms with van der Waals surface area (Å²) >= 11 is 5.05. The molecule has 0 aliphatic carbocycles. The van der Waals surface area contributed by atoms with Gasteiger partial charge >= 0.3 is 0 Å². The Morgan fingerprint density at radius 3 is 2.82 bits per heavy atom. The number of aromatic nitrogens is 3. The summed E-state index contributed by atoms with van der Waals surface area (Å²) in [5.41, 5.74) is 2.22. The third kappa shape index (κ3) is 4.41. The fourth-order valence-electron chi connectivity index (χ4n) is 2.53. The van der Waals surface area contributed by atoms with Crippen molar-refractivity contribution < 1.29 is 14.4 Å². The van der Waals surface area contributed by atoms with Gasteiger partial charge in [0.05, 0.1) is 18.2 Å². The van der Waals surface area contributed by atoms with Gasteiger partial charge in [0.1, 0.15) is 24.4 Å². The van der Waals surface area contributed by atoms with E-state index in [2.05, 4.69) is 15.3 Å². The summed E-state index contributed by atoms with van der Waals surface area (Å²) in [6.07, 6.45) is 3.12. The van der Waals surface area contributed by atoms with Crippen molar-refractivity contribution in [2.45, 2.75) is 13.5 Å². The Hall–Kier alpha value is -3.53. The quantitative estimate of drug-likeness (QED) is 0.281. The standard InChI is InChI=1S/C18H17N5O4S/c1-12-7-15(4-5-16(12)23(24)25)27-10-14-8-13(3-6-17(14)26-2)9-20-22-11-19-21-18(22)28/h3-9,11H,10H2,1-2H3,(H,21,28)/b20-9+. The molecule has 0 aliphatic rings. The number of nitrogens with zero attached hydrogens (tertiary/aromatic N) is 4. The van der Waals surface area contributed by atoms with Crippen molar-refractivity contribution in [3.63, 3.8) is 0 Å². The molecule has 1 heterocycles. The van der Waals surface area contributed by atoms with Crippen LogP contribution in [0.4, 0.5) is 5.69 Å². The molecule has 0 radical (unpaired) electrons. The van der Waals surface area contributed by atoms with Gasteiger partial charge in [-0.15, -0.1) is 0 Å². The zero-order valence-electron chi connectivity index (χ0n) is 15.2. The first-order chi connectivity index (χ1) is 13.5. The van der Waals surface area contributed by atoms with E-state index in [9.17, 15) is 10.1 Å². The number of aryl methyl sites for hydroxylation is 1. The molecule has 10 heteroatoms. The minimum atomic E-state index is -0.419. The lowest BCUT2D eigenvalue weighted by atomic mass is 10.1. The fraction of sp³-hybridized carbons (Fsp3) is 0.167. The van der Waals surface area contributed by atoms with Crippen molar-refractivity contribution in [3.8, 4) is 11.5 Å². The van der Waals surface area contributed by atoms with Gasteiger partial charge in [0.25, 0.3) is 5.69 Å². The number of hydrogen-bond acceptors (Lipinski definition) is 7. The third-order valence-corrected chi connectivity index (χ3v) is 4.21. The Morgan fingerprint density at radius 1 is 1.36 bits per heavy atom. The van der Waals surface area contributed by atoms with Crippen LogP contribution in [-0.4, -0.2) is 33.1 Å². The summed E-state index contributed by atoms with van der Waals surface area (Å²) in [4.78, 5) is 10.5. The molecule has 0 saturated heterocycles. The first-order valence-electron chi connectivity index (χ1n) is 8.19. The number of rotatable bonds is 7. The second kappa shape index (κ2) is 8.44. The largest absolute Gasteiger partial charge is 0.496 e. The highest BCUT2D eigenvalue weighted by molar-refractivity contribution is 7.71. The monoisotopic (exact) mass is 399 g/mol. The van der Waals surface area contributed by atoms with E-state index in [1.807, 2.05) is 18.2 Å². The third-order valence-electron chi connectivity index (χ3n) is 3.93. The number of nitrogens with one attached hydrogen (secondary N) is 1. The van der Waals surface area contributed by atoms with Gasteiger partial charge in [0.2, 0.25) is 4.77 Å². The normalized spacial score (nSPS) is 10.9. The maximum Gasteiger partial charge on any atom is 0.272 e. The molecule has 3 aromatic rings. The van der Waals surface area contributed by atoms with Gasteiger partial charge in [-0.2, -0.15) is 14.9 Å². The van der Waals surface area contributed by atoms with Crippen molar-refractivity contribution in [3.05, 3.63) is 74.3 Å². The van der Waals surface area contributed by atoms with Crippen molar-refractivity contribution in [1.29, 1.82) is 0 Å². The second-order valence-corrected chi connectivity index (χ2v) is 6.20. The van der Waals surface area contributed by atoms with E-state index in [0.29, 0.717) is 21.8 Å². The molecule has 0 saturated carbocycles. The highest BCUT2D eigenvalue weighted by atomic mass is 32.1. The van der Waals surface area contributed by atoms with Crippen LogP contribution in [0.3, 0.4) is 0 Å². The smallest absolute Gasteiger partial charge is 0.272 e. The number of nitro benzene ring substituents is 1. The summed E-state index contributed by atoms with van der Waals surface area (Å²) in [5.74, 6) is 1.20. The van der Waals surface area contributed by atoms with Crippen molar-refractivity contribution in [2.75, 3.05) is 7.11 Å². The zero-order chi connectivity index (χ0) is 20.1. The predicted molar refractivity (Wildman–Crippen MR) is 106 cm³/mol. The van der Waals surface area contributed by atoms with Gasteiger partial charge in [-0.25, -0.2) is 0 Å². The molecule has 9 nitrogen and oxygen atoms in total. The average Bonchev–Trinajstić information content (AvgIpc) is 3.09. The molecule has 28 heavy (non-hydrogen) atoms. The summed E-state index contributed by atoms with van der Waals surface area (Å²) in [6.45, 7) is 1.90. The van der Waals surface area contributed by atoms with Crippen LogP contribution in [0.25, 0.3) is 0 Å². The van der Waals surface area contributed by atoms with Crippen LogP contribution < -0.4 is 9.47 Å². The molecule has 3 rings (SSSR count). The summed E-state index contributed by atoms with van der Waals surface area (Å²) in [5, 5.41) is 21.6. The first kappa shape index (κ1) is 19.2. The molecule has 1 aromatic heterocycles. The van der Waals surface area contributed by atoms with Crippen molar-refractivity contribution in [2.24, 2.45) is 5.10 Å². The molecule has 0 spiro atoms. The molecule has 0 aliphatic heterocycles. The molecule has 0 unspecified atom stereocenters. The Balaban J connectivity index is 1.78. The lowest BCUT2D eigenvalue weighted by Crippen LogP contribution is -2.01. The molecule has 2 aromatic carbocycles. The van der Waals surface area contributed by atoms with Gasteiger partial charge in [-0.1, -0.05) is 0 Å². The lowest BCUT2D eigenvalue weighted by Gasteiger charge is -2.11. The Morgan fingerprint density at radius 2 is 2.18 bits per heavy atom. The SMILES string of the molecule is COc1ccc(/C=N/n2cn[nH]c2=S)cc1COc1ccc([N+](=O)[O-])c(C)c1. The van der Waals surface area contributed by atoms with E-state index in [-0.39, 0.29) is 12.3 Å². The van der Waals surface area contributed by atoms with E-state index < -0.39 is 4.92 Å². The molecular formula is C18H17N5O4S. The van der Waals surface area contributed by atoms with Crippen LogP contribution in [-0.2, 0) is 6.61 Å². The first-order valence-corrected chi connectivity index (χ1v) is 8.60. The summed E-state index contributed by atoms with van der Waals surface area (Å²) < 4.78 is 13.0. The number of aromatic amines is 1. The molecule has 0 atom stereocenters. The maximum absolute atomic E-state index is 10.9. The minimum absolute atomic E-state index is 0.0565. The number of hydrogen-bond donors (Lipinski definition) is 1. The van der Waals surface area contributed by atoms with Crippen LogP contribution in [0.15, 0.2) is 47.8 Å². The van der Waals surface area contributed by atoms with Gasteiger partial charge in [-0.3, -0.25) is 15.2 Å². The minimum Gasteiger partial charge on any atom is -0.496 e. The Kier molecular flexibility index (Phi) is 5.80. The van der Waals surface area contributed by atoms with Crippen molar-refractivity contribution >= 4 is 24.1 Å². The average molecular weight is 399 g/mol. The number of methoxy groups -OCH3 is 1. The fourth-order valence-corrected chi connectivity index (χ4v) is 2.68. The highest BCUT2D eigenvalue weighted by Gasteiger charge is 2.11. The molecular weight excluding hydrogens is 382 g/mol. The van der Waals surface area contributed by atoms with Gasteiger partial charge < -0.3 is 9.47 Å². The van der Waals surface area contributed by atoms with Crippen LogP contribution in [0.5, 0.6) is 11.5 Å². The predicted octanol–water partition coefficient (Wildman–Crippen LogP) is 3.63. The molecule has 0 amide bonds. The van der Waals surface area contributed by atoms with Gasteiger partial charge in [-0.05, 0) is 55.0 Å². The number of H-pyrrole nitrogens is 1. The molecule has 1 N–H and O–H groups in total. The summed E-state index contributed by atoms with van der Waals surface area (Å²) in [6, 6.07) is 10.2.